The number of piperazine rings is 1. The number of esters is 1. The van der Waals surface area contributed by atoms with E-state index < -0.39 is 17.9 Å². The summed E-state index contributed by atoms with van der Waals surface area (Å²) in [7, 11) is 0. The van der Waals surface area contributed by atoms with Crippen molar-refractivity contribution in [1.82, 2.24) is 15.5 Å². The zero-order chi connectivity index (χ0) is 21.2. The van der Waals surface area contributed by atoms with Crippen LogP contribution in [-0.4, -0.2) is 53.5 Å². The fraction of sp³-hybridized carbons (Fsp3) is 0.429. The molecule has 2 N–H and O–H groups in total. The van der Waals surface area contributed by atoms with Gasteiger partial charge < -0.3 is 15.0 Å². The van der Waals surface area contributed by atoms with Crippen LogP contribution in [0, 0.1) is 6.92 Å². The number of thiocarbonyl (C=S) groups is 1. The highest BCUT2D eigenvalue weighted by molar-refractivity contribution is 7.80. The van der Waals surface area contributed by atoms with Crippen molar-refractivity contribution in [2.24, 2.45) is 0 Å². The number of carbonyl (C=O) groups is 3. The van der Waals surface area contributed by atoms with Crippen LogP contribution in [0.4, 0.5) is 0 Å². The van der Waals surface area contributed by atoms with E-state index in [1.54, 1.807) is 11.0 Å². The molecule has 1 fully saturated rings. The smallest absolute Gasteiger partial charge is 0.308 e. The molecule has 1 heterocycles. The van der Waals surface area contributed by atoms with Crippen LogP contribution in [0.3, 0.4) is 0 Å². The van der Waals surface area contributed by atoms with E-state index in [9.17, 15) is 14.4 Å². The highest BCUT2D eigenvalue weighted by atomic mass is 32.1. The molecule has 0 aliphatic carbocycles. The molecule has 1 unspecified atom stereocenters. The average Bonchev–Trinajstić information content (AvgIpc) is 2.69. The molecule has 0 aromatic heterocycles. The third-order valence-electron chi connectivity index (χ3n) is 4.45. The molecule has 1 aromatic rings. The number of nitrogens with zero attached hydrogens (tertiary/aromatic N) is 1. The van der Waals surface area contributed by atoms with E-state index in [1.165, 1.54) is 6.08 Å². The third kappa shape index (κ3) is 7.30. The van der Waals surface area contributed by atoms with E-state index in [4.69, 9.17) is 17.0 Å². The highest BCUT2D eigenvalue weighted by Gasteiger charge is 2.34. The highest BCUT2D eigenvalue weighted by Crippen LogP contribution is 2.11. The van der Waals surface area contributed by atoms with Crippen molar-refractivity contribution in [1.29, 1.82) is 0 Å². The van der Waals surface area contributed by atoms with Gasteiger partial charge in [-0.05, 0) is 37.2 Å². The minimum Gasteiger partial charge on any atom is -0.466 e. The van der Waals surface area contributed by atoms with Gasteiger partial charge in [-0.1, -0.05) is 43.2 Å². The number of aryl methyl sites for hydroxylation is 1. The van der Waals surface area contributed by atoms with Gasteiger partial charge in [0.05, 0.1) is 13.0 Å². The van der Waals surface area contributed by atoms with Crippen molar-refractivity contribution < 1.29 is 19.1 Å². The number of hydrogen-bond donors (Lipinski definition) is 2. The van der Waals surface area contributed by atoms with Crippen molar-refractivity contribution >= 4 is 41.2 Å². The maximum atomic E-state index is 12.3. The first-order valence-electron chi connectivity index (χ1n) is 9.70. The van der Waals surface area contributed by atoms with Crippen LogP contribution < -0.4 is 10.6 Å². The average molecular weight is 418 g/mol. The van der Waals surface area contributed by atoms with Gasteiger partial charge >= 0.3 is 5.97 Å². The monoisotopic (exact) mass is 417 g/mol. The van der Waals surface area contributed by atoms with Crippen LogP contribution in [-0.2, 0) is 19.1 Å². The Morgan fingerprint density at radius 1 is 1.34 bits per heavy atom. The van der Waals surface area contributed by atoms with E-state index in [-0.39, 0.29) is 17.4 Å². The minimum absolute atomic E-state index is 0.116. The molecule has 0 spiro atoms. The number of nitrogens with one attached hydrogen (secondary N) is 2. The lowest BCUT2D eigenvalue weighted by atomic mass is 10.1. The van der Waals surface area contributed by atoms with Crippen LogP contribution in [0.15, 0.2) is 30.3 Å². The summed E-state index contributed by atoms with van der Waals surface area (Å²) < 4.78 is 5.15. The van der Waals surface area contributed by atoms with Crippen molar-refractivity contribution in [3.8, 4) is 0 Å². The van der Waals surface area contributed by atoms with Crippen LogP contribution in [0.25, 0.3) is 6.08 Å². The minimum atomic E-state index is -0.799. The Morgan fingerprint density at radius 3 is 2.76 bits per heavy atom. The second-order valence-electron chi connectivity index (χ2n) is 6.82. The first kappa shape index (κ1) is 22.5. The number of benzene rings is 1. The fourth-order valence-electron chi connectivity index (χ4n) is 2.78. The molecule has 1 aromatic carbocycles. The first-order chi connectivity index (χ1) is 13.9. The van der Waals surface area contributed by atoms with Gasteiger partial charge in [-0.2, -0.15) is 0 Å². The van der Waals surface area contributed by atoms with Gasteiger partial charge in [0, 0.05) is 19.2 Å². The largest absolute Gasteiger partial charge is 0.466 e. The van der Waals surface area contributed by atoms with Crippen molar-refractivity contribution in [2.45, 2.75) is 39.2 Å². The molecule has 1 aliphatic heterocycles. The van der Waals surface area contributed by atoms with E-state index in [1.807, 2.05) is 38.1 Å². The van der Waals surface area contributed by atoms with Crippen LogP contribution >= 0.6 is 12.2 Å². The number of unbranched alkanes of at least 4 members (excludes halogenated alkanes) is 1. The fourth-order valence-corrected chi connectivity index (χ4v) is 3.10. The summed E-state index contributed by atoms with van der Waals surface area (Å²) in [5, 5.41) is 5.44. The van der Waals surface area contributed by atoms with E-state index in [0.29, 0.717) is 19.7 Å². The van der Waals surface area contributed by atoms with Crippen LogP contribution in [0.5, 0.6) is 0 Å². The molecular weight excluding hydrogens is 390 g/mol. The topological polar surface area (TPSA) is 87.7 Å². The Bertz CT molecular complexity index is 777. The summed E-state index contributed by atoms with van der Waals surface area (Å²) in [4.78, 5) is 38.1. The molecule has 7 nitrogen and oxygen atoms in total. The van der Waals surface area contributed by atoms with Gasteiger partial charge in [0.15, 0.2) is 5.11 Å². The molecule has 0 bridgehead atoms. The van der Waals surface area contributed by atoms with Crippen LogP contribution in [0.1, 0.15) is 37.3 Å². The van der Waals surface area contributed by atoms with Crippen molar-refractivity contribution in [3.05, 3.63) is 41.5 Å². The molecular formula is C21H27N3O4S. The van der Waals surface area contributed by atoms with E-state index in [0.717, 1.165) is 24.0 Å². The molecule has 1 aliphatic rings. The van der Waals surface area contributed by atoms with Gasteiger partial charge in [0.2, 0.25) is 11.8 Å². The Labute approximate surface area is 176 Å². The van der Waals surface area contributed by atoms with Gasteiger partial charge in [0.1, 0.15) is 6.04 Å². The molecule has 2 amide bonds. The predicted molar refractivity (Wildman–Crippen MR) is 115 cm³/mol. The zero-order valence-corrected chi connectivity index (χ0v) is 17.6. The number of ether oxygens (including phenoxy) is 1. The Kier molecular flexibility index (Phi) is 8.79. The maximum Gasteiger partial charge on any atom is 0.308 e. The SMILES string of the molecule is CCCCOC(=O)CC1C(=O)NCCN1C(=S)NC(=O)/C=C/c1ccc(C)cc1. The lowest BCUT2D eigenvalue weighted by molar-refractivity contribution is -0.147. The molecule has 1 atom stereocenters. The number of hydrogen-bond acceptors (Lipinski definition) is 5. The van der Waals surface area contributed by atoms with Crippen molar-refractivity contribution in [3.63, 3.8) is 0 Å². The lowest BCUT2D eigenvalue weighted by Gasteiger charge is -2.36. The maximum absolute atomic E-state index is 12.3. The standard InChI is InChI=1S/C21H27N3O4S/c1-3-4-13-28-19(26)14-17-20(27)22-11-12-24(17)21(29)23-18(25)10-9-16-7-5-15(2)6-8-16/h5-10,17H,3-4,11-14H2,1-2H3,(H,22,27)(H,23,25,29)/b10-9+. The van der Waals surface area contributed by atoms with Gasteiger partial charge in [-0.25, -0.2) is 0 Å². The summed E-state index contributed by atoms with van der Waals surface area (Å²) in [5.41, 5.74) is 2.03. The first-order valence-corrected chi connectivity index (χ1v) is 10.1. The molecule has 1 saturated heterocycles. The number of rotatable bonds is 7. The second kappa shape index (κ2) is 11.3. The Hall–Kier alpha value is -2.74. The summed E-state index contributed by atoms with van der Waals surface area (Å²) in [5.74, 6) is -1.17. The van der Waals surface area contributed by atoms with E-state index >= 15 is 0 Å². The van der Waals surface area contributed by atoms with Crippen LogP contribution in [0.2, 0.25) is 0 Å². The zero-order valence-electron chi connectivity index (χ0n) is 16.8. The van der Waals surface area contributed by atoms with Crippen molar-refractivity contribution in [2.75, 3.05) is 19.7 Å². The number of carbonyl (C=O) groups excluding carboxylic acids is 3. The summed E-state index contributed by atoms with van der Waals surface area (Å²) >= 11 is 5.32. The van der Waals surface area contributed by atoms with Gasteiger partial charge in [0.25, 0.3) is 0 Å². The Morgan fingerprint density at radius 2 is 2.07 bits per heavy atom. The quantitative estimate of drug-likeness (QED) is 0.305. The number of amides is 2. The van der Waals surface area contributed by atoms with Gasteiger partial charge in [-0.15, -0.1) is 0 Å². The lowest BCUT2D eigenvalue weighted by Crippen LogP contribution is -2.60. The second-order valence-corrected chi connectivity index (χ2v) is 7.20. The predicted octanol–water partition coefficient (Wildman–Crippen LogP) is 1.94. The molecule has 2 rings (SSSR count). The molecule has 8 heteroatoms. The molecule has 156 valence electrons. The third-order valence-corrected chi connectivity index (χ3v) is 4.78. The Balaban J connectivity index is 1.94. The molecule has 0 saturated carbocycles. The summed E-state index contributed by atoms with van der Waals surface area (Å²) in [6.45, 7) is 5.10. The van der Waals surface area contributed by atoms with E-state index in [2.05, 4.69) is 10.6 Å². The van der Waals surface area contributed by atoms with Gasteiger partial charge in [-0.3, -0.25) is 19.7 Å². The summed E-state index contributed by atoms with van der Waals surface area (Å²) in [6, 6.07) is 6.93. The molecule has 29 heavy (non-hydrogen) atoms. The summed E-state index contributed by atoms with van der Waals surface area (Å²) in [6.07, 6.45) is 4.63. The normalized spacial score (nSPS) is 16.4. The molecule has 0 radical (unpaired) electrons.